The molecule has 0 radical (unpaired) electrons. The number of carbonyl (C=O) groups excluding carboxylic acids is 1. The van der Waals surface area contributed by atoms with Crippen LogP contribution in [0.2, 0.25) is 0 Å². The third-order valence-corrected chi connectivity index (χ3v) is 4.71. The second-order valence-corrected chi connectivity index (χ2v) is 6.61. The summed E-state index contributed by atoms with van der Waals surface area (Å²) in [6.45, 7) is 11.2. The van der Waals surface area contributed by atoms with Gasteiger partial charge in [-0.3, -0.25) is 14.5 Å². The lowest BCUT2D eigenvalue weighted by Gasteiger charge is -2.32. The van der Waals surface area contributed by atoms with Crippen LogP contribution in [-0.4, -0.2) is 57.9 Å². The lowest BCUT2D eigenvalue weighted by atomic mass is 10.1. The second kappa shape index (κ2) is 8.42. The Hall–Kier alpha value is -1.69. The van der Waals surface area contributed by atoms with Crippen molar-refractivity contribution in [2.45, 2.75) is 59.4 Å². The first-order valence-corrected chi connectivity index (χ1v) is 9.09. The van der Waals surface area contributed by atoms with Crippen molar-refractivity contribution in [3.63, 3.8) is 0 Å². The molecule has 0 aromatic carbocycles. The highest BCUT2D eigenvalue weighted by molar-refractivity contribution is 5.81. The van der Waals surface area contributed by atoms with Crippen LogP contribution in [0.1, 0.15) is 50.7 Å². The van der Waals surface area contributed by atoms with Crippen LogP contribution in [0.25, 0.3) is 0 Å². The Labute approximate surface area is 144 Å². The van der Waals surface area contributed by atoms with E-state index in [-0.39, 0.29) is 17.5 Å². The number of aromatic nitrogens is 2. The van der Waals surface area contributed by atoms with E-state index in [4.69, 9.17) is 0 Å². The maximum atomic E-state index is 12.9. The van der Waals surface area contributed by atoms with Gasteiger partial charge in [-0.2, -0.15) is 0 Å². The number of aromatic amines is 1. The van der Waals surface area contributed by atoms with Crippen molar-refractivity contribution in [1.29, 1.82) is 0 Å². The van der Waals surface area contributed by atoms with E-state index >= 15 is 0 Å². The van der Waals surface area contributed by atoms with Gasteiger partial charge in [0.05, 0.1) is 11.7 Å². The highest BCUT2D eigenvalue weighted by Gasteiger charge is 2.27. The molecule has 6 heteroatoms. The number of H-pyrrole nitrogens is 1. The zero-order chi connectivity index (χ0) is 17.7. The van der Waals surface area contributed by atoms with Gasteiger partial charge in [-0.25, -0.2) is 4.98 Å². The quantitative estimate of drug-likeness (QED) is 0.856. The molecule has 0 spiro atoms. The zero-order valence-electron chi connectivity index (χ0n) is 15.4. The van der Waals surface area contributed by atoms with Crippen molar-refractivity contribution in [3.05, 3.63) is 27.4 Å². The van der Waals surface area contributed by atoms with Crippen LogP contribution in [0.3, 0.4) is 0 Å². The summed E-state index contributed by atoms with van der Waals surface area (Å²) in [4.78, 5) is 36.4. The van der Waals surface area contributed by atoms with Crippen LogP contribution in [0.4, 0.5) is 0 Å². The fourth-order valence-corrected chi connectivity index (χ4v) is 3.45. The molecule has 6 nitrogen and oxygen atoms in total. The standard InChI is InChI=1S/C18H30N4O2/c1-5-9-21(10-6-2)13(3)18(24)22-11-7-15-16(8-12-22)19-14(4)20-17(15)23/h13H,5-12H2,1-4H3,(H,19,20,23)/t13-/m0/s1. The number of hydrogen-bond donors (Lipinski definition) is 1. The van der Waals surface area contributed by atoms with Crippen molar-refractivity contribution in [2.75, 3.05) is 26.2 Å². The normalized spacial score (nSPS) is 16.0. The minimum Gasteiger partial charge on any atom is -0.341 e. The monoisotopic (exact) mass is 334 g/mol. The number of nitrogens with zero attached hydrogens (tertiary/aromatic N) is 3. The lowest BCUT2D eigenvalue weighted by molar-refractivity contribution is -0.136. The van der Waals surface area contributed by atoms with E-state index < -0.39 is 0 Å². The number of amides is 1. The molecular formula is C18H30N4O2. The molecule has 2 heterocycles. The van der Waals surface area contributed by atoms with Gasteiger partial charge in [-0.15, -0.1) is 0 Å². The van der Waals surface area contributed by atoms with Crippen molar-refractivity contribution in [1.82, 2.24) is 19.8 Å². The van der Waals surface area contributed by atoms with E-state index in [1.165, 1.54) is 0 Å². The number of rotatable bonds is 6. The third kappa shape index (κ3) is 4.23. The molecular weight excluding hydrogens is 304 g/mol. The summed E-state index contributed by atoms with van der Waals surface area (Å²) in [5.41, 5.74) is 1.53. The van der Waals surface area contributed by atoms with Crippen LogP contribution >= 0.6 is 0 Å². The Kier molecular flexibility index (Phi) is 6.54. The minimum absolute atomic E-state index is 0.0570. The van der Waals surface area contributed by atoms with Gasteiger partial charge in [0, 0.05) is 25.1 Å². The van der Waals surface area contributed by atoms with Gasteiger partial charge in [-0.05, 0) is 46.2 Å². The number of nitrogens with one attached hydrogen (secondary N) is 1. The van der Waals surface area contributed by atoms with Gasteiger partial charge in [0.2, 0.25) is 5.91 Å². The molecule has 134 valence electrons. The first-order valence-electron chi connectivity index (χ1n) is 9.09. The number of hydrogen-bond acceptors (Lipinski definition) is 4. The van der Waals surface area contributed by atoms with E-state index in [1.807, 2.05) is 11.8 Å². The van der Waals surface area contributed by atoms with Gasteiger partial charge < -0.3 is 9.88 Å². The van der Waals surface area contributed by atoms with Gasteiger partial charge in [-0.1, -0.05) is 13.8 Å². The smallest absolute Gasteiger partial charge is 0.254 e. The highest BCUT2D eigenvalue weighted by Crippen LogP contribution is 2.13. The Morgan fingerprint density at radius 3 is 2.50 bits per heavy atom. The van der Waals surface area contributed by atoms with Crippen molar-refractivity contribution >= 4 is 5.91 Å². The van der Waals surface area contributed by atoms with E-state index in [9.17, 15) is 9.59 Å². The summed E-state index contributed by atoms with van der Waals surface area (Å²) >= 11 is 0. The van der Waals surface area contributed by atoms with Crippen LogP contribution in [-0.2, 0) is 17.6 Å². The maximum absolute atomic E-state index is 12.9. The number of carbonyl (C=O) groups is 1. The van der Waals surface area contributed by atoms with E-state index in [2.05, 4.69) is 28.7 Å². The van der Waals surface area contributed by atoms with Crippen molar-refractivity contribution in [2.24, 2.45) is 0 Å². The van der Waals surface area contributed by atoms with Crippen LogP contribution in [0.15, 0.2) is 4.79 Å². The van der Waals surface area contributed by atoms with E-state index in [0.717, 1.165) is 37.2 Å². The van der Waals surface area contributed by atoms with Gasteiger partial charge in [0.1, 0.15) is 5.82 Å². The van der Waals surface area contributed by atoms with Gasteiger partial charge >= 0.3 is 0 Å². The molecule has 1 aromatic heterocycles. The maximum Gasteiger partial charge on any atom is 0.254 e. The minimum atomic E-state index is -0.112. The predicted molar refractivity (Wildman–Crippen MR) is 95.2 cm³/mol. The molecule has 24 heavy (non-hydrogen) atoms. The fourth-order valence-electron chi connectivity index (χ4n) is 3.45. The SMILES string of the molecule is CCCN(CCC)[C@@H](C)C(=O)N1CCc2nc(C)[nH]c(=O)c2CC1. The van der Waals surface area contributed by atoms with Crippen molar-refractivity contribution < 1.29 is 4.79 Å². The van der Waals surface area contributed by atoms with Crippen LogP contribution < -0.4 is 5.56 Å². The summed E-state index contributed by atoms with van der Waals surface area (Å²) < 4.78 is 0. The molecule has 0 unspecified atom stereocenters. The Morgan fingerprint density at radius 2 is 1.88 bits per heavy atom. The van der Waals surface area contributed by atoms with Crippen molar-refractivity contribution in [3.8, 4) is 0 Å². The second-order valence-electron chi connectivity index (χ2n) is 6.61. The molecule has 1 aliphatic rings. The molecule has 1 aliphatic heterocycles. The van der Waals surface area contributed by atoms with Crippen LogP contribution in [0.5, 0.6) is 0 Å². The molecule has 2 rings (SSSR count). The average Bonchev–Trinajstić information content (AvgIpc) is 2.76. The zero-order valence-corrected chi connectivity index (χ0v) is 15.4. The average molecular weight is 334 g/mol. The van der Waals surface area contributed by atoms with Crippen LogP contribution in [0, 0.1) is 6.92 Å². The first-order chi connectivity index (χ1) is 11.5. The van der Waals surface area contributed by atoms with E-state index in [0.29, 0.717) is 31.8 Å². The first kappa shape index (κ1) is 18.6. The summed E-state index contributed by atoms with van der Waals surface area (Å²) in [6, 6.07) is -0.112. The molecule has 0 saturated carbocycles. The lowest BCUT2D eigenvalue weighted by Crippen LogP contribution is -2.48. The molecule has 1 atom stereocenters. The highest BCUT2D eigenvalue weighted by atomic mass is 16.2. The molecule has 1 N–H and O–H groups in total. The fraction of sp³-hybridized carbons (Fsp3) is 0.722. The Morgan fingerprint density at radius 1 is 1.25 bits per heavy atom. The molecule has 1 amide bonds. The molecule has 0 bridgehead atoms. The summed E-state index contributed by atoms with van der Waals surface area (Å²) in [5.74, 6) is 0.807. The predicted octanol–water partition coefficient (Wildman–Crippen LogP) is 1.52. The summed E-state index contributed by atoms with van der Waals surface area (Å²) in [5, 5.41) is 0. The Balaban J connectivity index is 2.10. The van der Waals surface area contributed by atoms with Gasteiger partial charge in [0.15, 0.2) is 0 Å². The molecule has 0 fully saturated rings. The number of fused-ring (bicyclic) bond motifs is 1. The summed E-state index contributed by atoms with van der Waals surface area (Å²) in [6.07, 6.45) is 3.32. The largest absolute Gasteiger partial charge is 0.341 e. The Bertz CT molecular complexity index is 620. The molecule has 0 aliphatic carbocycles. The van der Waals surface area contributed by atoms with E-state index in [1.54, 1.807) is 6.92 Å². The molecule has 0 saturated heterocycles. The number of aryl methyl sites for hydroxylation is 1. The third-order valence-electron chi connectivity index (χ3n) is 4.71. The van der Waals surface area contributed by atoms with Gasteiger partial charge in [0.25, 0.3) is 5.56 Å². The molecule has 1 aromatic rings. The summed E-state index contributed by atoms with van der Waals surface area (Å²) in [7, 11) is 0. The topological polar surface area (TPSA) is 69.3 Å².